The molecule has 0 unspecified atom stereocenters. The predicted molar refractivity (Wildman–Crippen MR) is 142 cm³/mol. The van der Waals surface area contributed by atoms with Gasteiger partial charge in [-0.3, -0.25) is 14.4 Å². The van der Waals surface area contributed by atoms with Gasteiger partial charge in [0, 0.05) is 30.3 Å². The highest BCUT2D eigenvalue weighted by atomic mass is 35.5. The van der Waals surface area contributed by atoms with E-state index in [0.29, 0.717) is 17.1 Å². The largest absolute Gasteiger partial charge is 0.416 e. The number of hydrogen-bond acceptors (Lipinski definition) is 5. The second-order valence-electron chi connectivity index (χ2n) is 8.66. The number of aromatic nitrogens is 1. The first-order valence-corrected chi connectivity index (χ1v) is 11.2. The summed E-state index contributed by atoms with van der Waals surface area (Å²) in [6.45, 7) is 3.12. The highest BCUT2D eigenvalue weighted by Crippen LogP contribution is 2.33. The molecule has 0 saturated carbocycles. The van der Waals surface area contributed by atoms with Gasteiger partial charge in [-0.25, -0.2) is 4.98 Å². The van der Waals surface area contributed by atoms with Gasteiger partial charge >= 0.3 is 6.18 Å². The van der Waals surface area contributed by atoms with Crippen LogP contribution in [-0.2, 0) is 17.5 Å². The molecule has 0 aliphatic carbocycles. The van der Waals surface area contributed by atoms with Crippen LogP contribution in [0.2, 0.25) is 0 Å². The summed E-state index contributed by atoms with van der Waals surface area (Å²) in [5.74, 6) is -1.17. The number of carbonyl (C=O) groups excluding carboxylic acids is 3. The molecule has 8 nitrogen and oxygen atoms in total. The van der Waals surface area contributed by atoms with E-state index < -0.39 is 23.6 Å². The van der Waals surface area contributed by atoms with Gasteiger partial charge in [0.15, 0.2) is 0 Å². The summed E-state index contributed by atoms with van der Waals surface area (Å²) in [5.41, 5.74) is 0.508. The molecule has 12 heteroatoms. The third-order valence-corrected chi connectivity index (χ3v) is 5.23. The quantitative estimate of drug-likeness (QED) is 0.368. The molecule has 3 amide bonds. The Kier molecular flexibility index (Phi) is 9.97. The zero-order valence-electron chi connectivity index (χ0n) is 21.1. The molecule has 0 fully saturated rings. The topological polar surface area (TPSA) is 103 Å². The number of benzene rings is 2. The van der Waals surface area contributed by atoms with E-state index in [1.807, 2.05) is 0 Å². The van der Waals surface area contributed by atoms with Crippen molar-refractivity contribution in [1.29, 1.82) is 0 Å². The maximum absolute atomic E-state index is 13.6. The minimum atomic E-state index is -4.62. The summed E-state index contributed by atoms with van der Waals surface area (Å²) >= 11 is 0. The number of nitrogens with zero attached hydrogens (tertiary/aromatic N) is 2. The number of hydrogen-bond donors (Lipinski definition) is 3. The molecule has 1 aromatic heterocycles. The molecule has 3 N–H and O–H groups in total. The van der Waals surface area contributed by atoms with E-state index >= 15 is 0 Å². The highest BCUT2D eigenvalue weighted by molar-refractivity contribution is 6.08. The SMILES string of the molecule is CC(=O)Nc1ccc(NC(=O)c2cc(NC(=O)c3ccc(CN(C)C)c(C(F)(F)F)c3)ccc2C)cn1.Cl. The Morgan fingerprint density at radius 1 is 0.895 bits per heavy atom. The van der Waals surface area contributed by atoms with Gasteiger partial charge < -0.3 is 20.9 Å². The molecule has 0 aliphatic rings. The van der Waals surface area contributed by atoms with Crippen molar-refractivity contribution in [2.45, 2.75) is 26.6 Å². The Morgan fingerprint density at radius 3 is 2.13 bits per heavy atom. The van der Waals surface area contributed by atoms with Crippen molar-refractivity contribution in [3.8, 4) is 0 Å². The van der Waals surface area contributed by atoms with E-state index in [0.717, 1.165) is 6.07 Å². The first kappa shape index (κ1) is 30.3. The number of anilines is 3. The highest BCUT2D eigenvalue weighted by Gasteiger charge is 2.34. The van der Waals surface area contributed by atoms with Crippen LogP contribution in [0.3, 0.4) is 0 Å². The smallest absolute Gasteiger partial charge is 0.322 e. The van der Waals surface area contributed by atoms with Gasteiger partial charge in [-0.15, -0.1) is 12.4 Å². The van der Waals surface area contributed by atoms with Crippen LogP contribution >= 0.6 is 12.4 Å². The maximum atomic E-state index is 13.6. The van der Waals surface area contributed by atoms with E-state index in [1.165, 1.54) is 37.4 Å². The number of aryl methyl sites for hydroxylation is 1. The normalized spacial score (nSPS) is 10.9. The van der Waals surface area contributed by atoms with Crippen LogP contribution in [0.15, 0.2) is 54.7 Å². The van der Waals surface area contributed by atoms with Crippen LogP contribution in [0.1, 0.15) is 44.3 Å². The number of rotatable bonds is 7. The van der Waals surface area contributed by atoms with Gasteiger partial charge in [-0.2, -0.15) is 13.2 Å². The molecule has 0 spiro atoms. The third-order valence-electron chi connectivity index (χ3n) is 5.23. The maximum Gasteiger partial charge on any atom is 0.416 e. The summed E-state index contributed by atoms with van der Waals surface area (Å²) in [4.78, 5) is 42.4. The van der Waals surface area contributed by atoms with Crippen molar-refractivity contribution in [2.75, 3.05) is 30.0 Å². The fraction of sp³-hybridized carbons (Fsp3) is 0.231. The molecular formula is C26H27ClF3N5O3. The van der Waals surface area contributed by atoms with E-state index in [4.69, 9.17) is 0 Å². The molecule has 0 radical (unpaired) electrons. The molecule has 2 aromatic carbocycles. The summed E-state index contributed by atoms with van der Waals surface area (Å²) in [5, 5.41) is 7.76. The number of halogens is 4. The first-order chi connectivity index (χ1) is 17.3. The monoisotopic (exact) mass is 549 g/mol. The summed E-state index contributed by atoms with van der Waals surface area (Å²) in [7, 11) is 3.31. The number of nitrogens with one attached hydrogen (secondary N) is 3. The molecule has 1 heterocycles. The minimum Gasteiger partial charge on any atom is -0.322 e. The van der Waals surface area contributed by atoms with Gasteiger partial charge in [0.1, 0.15) is 5.82 Å². The molecular weight excluding hydrogens is 523 g/mol. The van der Waals surface area contributed by atoms with Crippen molar-refractivity contribution < 1.29 is 27.6 Å². The Labute approximate surface area is 224 Å². The lowest BCUT2D eigenvalue weighted by Crippen LogP contribution is -2.19. The molecule has 0 atom stereocenters. The zero-order valence-corrected chi connectivity index (χ0v) is 21.9. The van der Waals surface area contributed by atoms with Gasteiger partial charge in [0.05, 0.1) is 17.4 Å². The summed E-state index contributed by atoms with van der Waals surface area (Å²) < 4.78 is 40.8. The van der Waals surface area contributed by atoms with E-state index in [-0.39, 0.29) is 47.2 Å². The lowest BCUT2D eigenvalue weighted by molar-refractivity contribution is -0.138. The van der Waals surface area contributed by atoms with Crippen LogP contribution in [0.5, 0.6) is 0 Å². The van der Waals surface area contributed by atoms with Crippen molar-refractivity contribution >= 4 is 47.3 Å². The fourth-order valence-corrected chi connectivity index (χ4v) is 3.53. The van der Waals surface area contributed by atoms with Crippen LogP contribution in [-0.4, -0.2) is 41.7 Å². The zero-order chi connectivity index (χ0) is 27.3. The van der Waals surface area contributed by atoms with Gasteiger partial charge in [-0.1, -0.05) is 12.1 Å². The third kappa shape index (κ3) is 8.02. The van der Waals surface area contributed by atoms with E-state index in [1.54, 1.807) is 44.1 Å². The van der Waals surface area contributed by atoms with Crippen LogP contribution in [0, 0.1) is 6.92 Å². The summed E-state index contributed by atoms with van der Waals surface area (Å²) in [6.07, 6.45) is -3.24. The number of alkyl halides is 3. The second-order valence-corrected chi connectivity index (χ2v) is 8.66. The van der Waals surface area contributed by atoms with Gasteiger partial charge in [-0.05, 0) is 68.5 Å². The van der Waals surface area contributed by atoms with Crippen molar-refractivity contribution in [1.82, 2.24) is 9.88 Å². The van der Waals surface area contributed by atoms with Gasteiger partial charge in [0.25, 0.3) is 11.8 Å². The van der Waals surface area contributed by atoms with Crippen LogP contribution in [0.4, 0.5) is 30.4 Å². The summed E-state index contributed by atoms with van der Waals surface area (Å²) in [6, 6.07) is 11.2. The van der Waals surface area contributed by atoms with Crippen LogP contribution < -0.4 is 16.0 Å². The lowest BCUT2D eigenvalue weighted by atomic mass is 10.0. The van der Waals surface area contributed by atoms with E-state index in [2.05, 4.69) is 20.9 Å². The van der Waals surface area contributed by atoms with Crippen LogP contribution in [0.25, 0.3) is 0 Å². The Balaban J connectivity index is 0.00000507. The average Bonchev–Trinajstić information content (AvgIpc) is 2.80. The minimum absolute atomic E-state index is 0. The molecule has 0 aliphatic heterocycles. The number of carbonyl (C=O) groups is 3. The van der Waals surface area contributed by atoms with Crippen molar-refractivity contribution in [2.24, 2.45) is 0 Å². The van der Waals surface area contributed by atoms with Gasteiger partial charge in [0.2, 0.25) is 5.91 Å². The Hall–Kier alpha value is -3.96. The fourth-order valence-electron chi connectivity index (χ4n) is 3.53. The van der Waals surface area contributed by atoms with E-state index in [9.17, 15) is 27.6 Å². The van der Waals surface area contributed by atoms with Crippen molar-refractivity contribution in [3.05, 3.63) is 82.5 Å². The standard InChI is InChI=1S/C26H26F3N5O3.ClH/c1-15-5-8-19(12-21(15)25(37)33-20-9-10-23(30-13-20)31-16(2)35)32-24(36)17-6-7-18(14-34(3)4)22(11-17)26(27,28)29;/h5-13H,14H2,1-4H3,(H,32,36)(H,33,37)(H,30,31,35);1H. The second kappa shape index (κ2) is 12.5. The van der Waals surface area contributed by atoms with Crippen molar-refractivity contribution in [3.63, 3.8) is 0 Å². The molecule has 3 rings (SSSR count). The molecule has 3 aromatic rings. The number of amides is 3. The molecule has 202 valence electrons. The molecule has 0 saturated heterocycles. The Morgan fingerprint density at radius 2 is 1.55 bits per heavy atom. The predicted octanol–water partition coefficient (Wildman–Crippen LogP) is 5.36. The Bertz CT molecular complexity index is 1330. The lowest BCUT2D eigenvalue weighted by Gasteiger charge is -2.17. The molecule has 38 heavy (non-hydrogen) atoms. The average molecular weight is 550 g/mol. The first-order valence-electron chi connectivity index (χ1n) is 11.2. The number of pyridine rings is 1. The molecule has 0 bridgehead atoms.